The highest BCUT2D eigenvalue weighted by molar-refractivity contribution is 7.18. The Hall–Kier alpha value is 0.390. The van der Waals surface area contributed by atoms with E-state index in [0.717, 1.165) is 5.92 Å². The average molecular weight is 201 g/mol. The number of hydrogen-bond acceptors (Lipinski definition) is 1. The lowest BCUT2D eigenvalue weighted by molar-refractivity contribution is 0.187. The normalized spacial score (nSPS) is 25.8. The Balaban J connectivity index is 2.42. The van der Waals surface area contributed by atoms with Gasteiger partial charge >= 0.3 is 0 Å². The van der Waals surface area contributed by atoms with E-state index < -0.39 is 0 Å². The maximum Gasteiger partial charge on any atom is -0.00188 e. The molecule has 2 heteroatoms. The van der Waals surface area contributed by atoms with Gasteiger partial charge in [0, 0.05) is 0 Å². The first kappa shape index (κ1) is 11.5. The molecule has 0 saturated carbocycles. The van der Waals surface area contributed by atoms with Crippen LogP contribution in [0.4, 0.5) is 0 Å². The van der Waals surface area contributed by atoms with Crippen molar-refractivity contribution in [3.63, 3.8) is 0 Å². The molecular weight excluding hydrogens is 177 g/mol. The summed E-state index contributed by atoms with van der Waals surface area (Å²) in [6, 6.07) is 0. The molecule has 1 heterocycles. The van der Waals surface area contributed by atoms with E-state index in [1.807, 2.05) is 0 Å². The van der Waals surface area contributed by atoms with E-state index in [1.165, 1.54) is 38.8 Å². The van der Waals surface area contributed by atoms with E-state index in [2.05, 4.69) is 35.0 Å². The summed E-state index contributed by atoms with van der Waals surface area (Å²) in [6.45, 7) is 7.28. The van der Waals surface area contributed by atoms with Crippen molar-refractivity contribution in [3.8, 4) is 0 Å². The monoisotopic (exact) mass is 201 g/mol. The van der Waals surface area contributed by atoms with Crippen molar-refractivity contribution in [3.05, 3.63) is 0 Å². The van der Waals surface area contributed by atoms with Crippen molar-refractivity contribution < 1.29 is 0 Å². The van der Waals surface area contributed by atoms with Crippen LogP contribution in [0.5, 0.6) is 0 Å². The summed E-state index contributed by atoms with van der Waals surface area (Å²) in [5.74, 6) is 0.925. The fourth-order valence-corrected chi connectivity index (χ4v) is 3.03. The van der Waals surface area contributed by atoms with E-state index in [1.54, 1.807) is 0 Å². The lowest BCUT2D eigenvalue weighted by Gasteiger charge is -2.39. The number of piperidine rings is 1. The van der Waals surface area contributed by atoms with Crippen LogP contribution in [0.3, 0.4) is 0 Å². The summed E-state index contributed by atoms with van der Waals surface area (Å²) in [5, 5.41) is 0.496. The van der Waals surface area contributed by atoms with Gasteiger partial charge in [-0.3, -0.25) is 0 Å². The van der Waals surface area contributed by atoms with Gasteiger partial charge in [0.05, 0.1) is 0 Å². The smallest absolute Gasteiger partial charge is 0.00188 e. The molecule has 2 atom stereocenters. The van der Waals surface area contributed by atoms with Crippen LogP contribution in [0, 0.1) is 5.92 Å². The zero-order valence-electron chi connectivity index (χ0n) is 9.34. The minimum Gasteiger partial charge on any atom is -0.306 e. The highest BCUT2D eigenvalue weighted by Gasteiger charge is 2.30. The molecule has 1 nitrogen and oxygen atoms in total. The van der Waals surface area contributed by atoms with Crippen molar-refractivity contribution in [2.75, 3.05) is 20.1 Å². The second-order valence-electron chi connectivity index (χ2n) is 4.83. The third-order valence-electron chi connectivity index (χ3n) is 3.44. The second-order valence-corrected chi connectivity index (χ2v) is 6.15. The second kappa shape index (κ2) is 4.75. The first-order valence-electron chi connectivity index (χ1n) is 5.53. The summed E-state index contributed by atoms with van der Waals surface area (Å²) in [7, 11) is 5.33. The molecule has 0 N–H and O–H groups in total. The highest BCUT2D eigenvalue weighted by Crippen LogP contribution is 2.38. The summed E-state index contributed by atoms with van der Waals surface area (Å²) in [4.78, 5) is 2.45. The van der Waals surface area contributed by atoms with E-state index in [-0.39, 0.29) is 0 Å². The molecule has 1 aliphatic rings. The molecule has 0 aliphatic carbocycles. The molecule has 0 radical (unpaired) electrons. The van der Waals surface area contributed by atoms with Crippen molar-refractivity contribution in [2.45, 2.75) is 44.7 Å². The maximum absolute atomic E-state index is 3.10. The quantitative estimate of drug-likeness (QED) is 0.635. The number of nitrogens with zero attached hydrogens (tertiary/aromatic N) is 1. The summed E-state index contributed by atoms with van der Waals surface area (Å²) >= 11 is 0. The van der Waals surface area contributed by atoms with Crippen molar-refractivity contribution in [2.24, 2.45) is 5.92 Å². The Morgan fingerprint density at radius 3 is 2.38 bits per heavy atom. The van der Waals surface area contributed by atoms with Gasteiger partial charge in [0.2, 0.25) is 0 Å². The molecule has 2 unspecified atom stereocenters. The number of likely N-dealkylation sites (tertiary alicyclic amines) is 1. The average Bonchev–Trinajstić information content (AvgIpc) is 2.05. The third-order valence-corrected chi connectivity index (χ3v) is 4.20. The third kappa shape index (κ3) is 3.22. The van der Waals surface area contributed by atoms with E-state index in [0.29, 0.717) is 5.16 Å². The van der Waals surface area contributed by atoms with Gasteiger partial charge in [0.15, 0.2) is 0 Å². The number of rotatable bonds is 3. The maximum atomic E-state index is 3.10. The first-order chi connectivity index (χ1) is 6.06. The van der Waals surface area contributed by atoms with E-state index in [4.69, 9.17) is 0 Å². The Bertz CT molecular complexity index is 148. The molecule has 0 bridgehead atoms. The van der Waals surface area contributed by atoms with Gasteiger partial charge in [-0.25, -0.2) is 0 Å². The predicted octanol–water partition coefficient (Wildman–Crippen LogP) is 2.76. The van der Waals surface area contributed by atoms with Crippen LogP contribution in [0.2, 0.25) is 0 Å². The Morgan fingerprint density at radius 1 is 1.38 bits per heavy atom. The Morgan fingerprint density at radius 2 is 1.92 bits per heavy atom. The molecule has 13 heavy (non-hydrogen) atoms. The molecule has 78 valence electrons. The topological polar surface area (TPSA) is 3.24 Å². The zero-order chi connectivity index (χ0) is 9.90. The predicted molar refractivity (Wildman–Crippen MR) is 63.2 cm³/mol. The SMILES string of the molecule is CCCC(C)(P)C1CCN(C)CC1. The molecule has 0 spiro atoms. The van der Waals surface area contributed by atoms with Crippen LogP contribution in [-0.4, -0.2) is 30.2 Å². The molecular formula is C11H24NP. The fraction of sp³-hybridized carbons (Fsp3) is 1.00. The molecule has 0 aromatic carbocycles. The Kier molecular flexibility index (Phi) is 4.19. The van der Waals surface area contributed by atoms with Gasteiger partial charge in [-0.1, -0.05) is 20.3 Å². The minimum absolute atomic E-state index is 0.496. The summed E-state index contributed by atoms with van der Waals surface area (Å²) in [6.07, 6.45) is 5.44. The minimum atomic E-state index is 0.496. The van der Waals surface area contributed by atoms with Crippen molar-refractivity contribution in [1.82, 2.24) is 4.90 Å². The molecule has 1 rings (SSSR count). The van der Waals surface area contributed by atoms with E-state index in [9.17, 15) is 0 Å². The number of hydrogen-bond donors (Lipinski definition) is 0. The molecule has 1 aliphatic heterocycles. The van der Waals surface area contributed by atoms with Crippen LogP contribution in [0.25, 0.3) is 0 Å². The van der Waals surface area contributed by atoms with Crippen molar-refractivity contribution in [1.29, 1.82) is 0 Å². The molecule has 0 amide bonds. The molecule has 1 fully saturated rings. The van der Waals surface area contributed by atoms with Gasteiger partial charge in [-0.2, -0.15) is 0 Å². The first-order valence-corrected chi connectivity index (χ1v) is 6.11. The van der Waals surface area contributed by atoms with Crippen LogP contribution >= 0.6 is 9.24 Å². The van der Waals surface area contributed by atoms with Gasteiger partial charge in [0.25, 0.3) is 0 Å². The van der Waals surface area contributed by atoms with Crippen LogP contribution in [-0.2, 0) is 0 Å². The van der Waals surface area contributed by atoms with Gasteiger partial charge in [0.1, 0.15) is 0 Å². The molecule has 0 aromatic rings. The molecule has 0 aromatic heterocycles. The van der Waals surface area contributed by atoms with Crippen LogP contribution < -0.4 is 0 Å². The lowest BCUT2D eigenvalue weighted by Crippen LogP contribution is -2.38. The van der Waals surface area contributed by atoms with Gasteiger partial charge in [-0.05, 0) is 50.5 Å². The van der Waals surface area contributed by atoms with E-state index >= 15 is 0 Å². The standard InChI is InChI=1S/C11H24NP/c1-4-7-11(2,13)10-5-8-12(3)9-6-10/h10H,4-9,13H2,1-3H3. The molecule has 1 saturated heterocycles. The van der Waals surface area contributed by atoms with Gasteiger partial charge < -0.3 is 4.90 Å². The fourth-order valence-electron chi connectivity index (χ4n) is 2.41. The highest BCUT2D eigenvalue weighted by atomic mass is 31.0. The Labute approximate surface area is 85.5 Å². The summed E-state index contributed by atoms with van der Waals surface area (Å²) < 4.78 is 0. The lowest BCUT2D eigenvalue weighted by atomic mass is 9.82. The van der Waals surface area contributed by atoms with Gasteiger partial charge in [-0.15, -0.1) is 9.24 Å². The van der Waals surface area contributed by atoms with Crippen molar-refractivity contribution >= 4 is 9.24 Å². The van der Waals surface area contributed by atoms with Crippen LogP contribution in [0.15, 0.2) is 0 Å². The largest absolute Gasteiger partial charge is 0.306 e. The zero-order valence-corrected chi connectivity index (χ0v) is 10.5. The summed E-state index contributed by atoms with van der Waals surface area (Å²) in [5.41, 5.74) is 0. The van der Waals surface area contributed by atoms with Crippen LogP contribution in [0.1, 0.15) is 39.5 Å².